The second kappa shape index (κ2) is 12.2. The lowest BCUT2D eigenvalue weighted by Gasteiger charge is -2.25. The Hall–Kier alpha value is -3.39. The quantitative estimate of drug-likeness (QED) is 0.484. The zero-order valence-electron chi connectivity index (χ0n) is 19.9. The summed E-state index contributed by atoms with van der Waals surface area (Å²) >= 11 is 0. The van der Waals surface area contributed by atoms with Crippen molar-refractivity contribution in [2.75, 3.05) is 39.0 Å². The van der Waals surface area contributed by atoms with Crippen LogP contribution in [0.4, 0.5) is 5.69 Å². The third kappa shape index (κ3) is 7.31. The summed E-state index contributed by atoms with van der Waals surface area (Å²) in [6.07, 6.45) is 2.09. The van der Waals surface area contributed by atoms with Crippen LogP contribution in [0.5, 0.6) is 0 Å². The smallest absolute Gasteiger partial charge is 0.251 e. The van der Waals surface area contributed by atoms with Crippen molar-refractivity contribution in [1.29, 1.82) is 0 Å². The minimum atomic E-state index is -1.30. The Bertz CT molecular complexity index is 994. The molecule has 0 fully saturated rings. The van der Waals surface area contributed by atoms with E-state index in [1.165, 1.54) is 0 Å². The maximum Gasteiger partial charge on any atom is 0.251 e. The summed E-state index contributed by atoms with van der Waals surface area (Å²) in [5, 5.41) is 17.3. The molecule has 182 valence electrons. The van der Waals surface area contributed by atoms with E-state index in [2.05, 4.69) is 15.5 Å². The van der Waals surface area contributed by atoms with Gasteiger partial charge in [-0.15, -0.1) is 0 Å². The molecule has 0 saturated heterocycles. The highest BCUT2D eigenvalue weighted by Gasteiger charge is 2.29. The number of carbonyl (C=O) groups excluding carboxylic acids is 3. The lowest BCUT2D eigenvalue weighted by molar-refractivity contribution is -0.305. The molecular formula is C26H33N4O4-. The van der Waals surface area contributed by atoms with Gasteiger partial charge in [-0.25, -0.2) is 0 Å². The van der Waals surface area contributed by atoms with Gasteiger partial charge < -0.3 is 30.3 Å². The molecule has 0 radical (unpaired) electrons. The number of hydrogen-bond donors (Lipinski definition) is 2. The first-order valence-electron chi connectivity index (χ1n) is 11.7. The molecule has 1 unspecified atom stereocenters. The zero-order valence-corrected chi connectivity index (χ0v) is 19.9. The van der Waals surface area contributed by atoms with Gasteiger partial charge in [-0.3, -0.25) is 9.59 Å². The van der Waals surface area contributed by atoms with Gasteiger partial charge in [0.1, 0.15) is 6.04 Å². The lowest BCUT2D eigenvalue weighted by Crippen LogP contribution is -2.44. The van der Waals surface area contributed by atoms with Gasteiger partial charge in [0, 0.05) is 43.3 Å². The molecule has 1 heterocycles. The summed E-state index contributed by atoms with van der Waals surface area (Å²) in [5.41, 5.74) is 3.00. The fourth-order valence-electron chi connectivity index (χ4n) is 4.00. The number of nitrogens with zero attached hydrogens (tertiary/aromatic N) is 2. The van der Waals surface area contributed by atoms with Crippen molar-refractivity contribution in [2.24, 2.45) is 0 Å². The van der Waals surface area contributed by atoms with Gasteiger partial charge in [0.05, 0.1) is 0 Å². The number of fused-ring (bicyclic) bond motifs is 1. The molecule has 0 saturated carbocycles. The number of hydrogen-bond acceptors (Lipinski definition) is 6. The van der Waals surface area contributed by atoms with Crippen LogP contribution in [0, 0.1) is 0 Å². The normalized spacial score (nSPS) is 15.4. The average Bonchev–Trinajstić information content (AvgIpc) is 2.93. The number of benzene rings is 2. The SMILES string of the molecule is CN(C)CCCCNC(=O)c1ccc2c(c1)NC(CC(=O)[O-])C(=O)N(CCc1ccccc1)C2. The molecule has 0 aromatic heterocycles. The van der Waals surface area contributed by atoms with Crippen molar-refractivity contribution in [2.45, 2.75) is 38.3 Å². The maximum absolute atomic E-state index is 13.1. The molecule has 2 N–H and O–H groups in total. The van der Waals surface area contributed by atoms with E-state index in [0.717, 1.165) is 30.5 Å². The fourth-order valence-corrected chi connectivity index (χ4v) is 4.00. The van der Waals surface area contributed by atoms with Crippen LogP contribution in [0.3, 0.4) is 0 Å². The molecule has 8 nitrogen and oxygen atoms in total. The third-order valence-electron chi connectivity index (χ3n) is 5.87. The zero-order chi connectivity index (χ0) is 24.5. The highest BCUT2D eigenvalue weighted by Crippen LogP contribution is 2.26. The van der Waals surface area contributed by atoms with Crippen molar-refractivity contribution >= 4 is 23.5 Å². The van der Waals surface area contributed by atoms with Crippen molar-refractivity contribution in [3.63, 3.8) is 0 Å². The molecule has 8 heteroatoms. The molecule has 2 amide bonds. The Kier molecular flexibility index (Phi) is 9.04. The van der Waals surface area contributed by atoms with Gasteiger partial charge in [0.2, 0.25) is 5.91 Å². The Morgan fingerprint density at radius 1 is 1.15 bits per heavy atom. The first kappa shape index (κ1) is 25.2. The largest absolute Gasteiger partial charge is 0.550 e. The first-order valence-corrected chi connectivity index (χ1v) is 11.7. The second-order valence-corrected chi connectivity index (χ2v) is 8.91. The number of aliphatic carboxylic acids is 1. The summed E-state index contributed by atoms with van der Waals surface area (Å²) in [4.78, 5) is 40.9. The minimum absolute atomic E-state index is 0.192. The van der Waals surface area contributed by atoms with Gasteiger partial charge in [0.25, 0.3) is 5.91 Å². The monoisotopic (exact) mass is 465 g/mol. The van der Waals surface area contributed by atoms with E-state index in [-0.39, 0.29) is 11.8 Å². The van der Waals surface area contributed by atoms with Gasteiger partial charge in [-0.05, 0) is 63.2 Å². The summed E-state index contributed by atoms with van der Waals surface area (Å²) < 4.78 is 0. The van der Waals surface area contributed by atoms with Crippen molar-refractivity contribution in [3.8, 4) is 0 Å². The van der Waals surface area contributed by atoms with E-state index >= 15 is 0 Å². The van der Waals surface area contributed by atoms with E-state index in [1.54, 1.807) is 17.0 Å². The van der Waals surface area contributed by atoms with Gasteiger partial charge in [0.15, 0.2) is 0 Å². The van der Waals surface area contributed by atoms with Crippen molar-refractivity contribution in [1.82, 2.24) is 15.1 Å². The highest BCUT2D eigenvalue weighted by molar-refractivity contribution is 5.96. The topological polar surface area (TPSA) is 105 Å². The van der Waals surface area contributed by atoms with E-state index in [4.69, 9.17) is 0 Å². The molecule has 1 aliphatic rings. The first-order chi connectivity index (χ1) is 16.3. The molecular weight excluding hydrogens is 432 g/mol. The Morgan fingerprint density at radius 2 is 1.91 bits per heavy atom. The predicted octanol–water partition coefficient (Wildman–Crippen LogP) is 1.26. The van der Waals surface area contributed by atoms with Gasteiger partial charge >= 0.3 is 0 Å². The van der Waals surface area contributed by atoms with E-state index < -0.39 is 18.4 Å². The number of amides is 2. The second-order valence-electron chi connectivity index (χ2n) is 8.91. The van der Waals surface area contributed by atoms with E-state index in [1.807, 2.05) is 50.5 Å². The average molecular weight is 466 g/mol. The number of carboxylic acids is 1. The highest BCUT2D eigenvalue weighted by atomic mass is 16.4. The molecule has 1 aliphatic heterocycles. The van der Waals surface area contributed by atoms with Crippen molar-refractivity contribution in [3.05, 3.63) is 65.2 Å². The summed E-state index contributed by atoms with van der Waals surface area (Å²) in [6, 6.07) is 14.1. The number of unbranched alkanes of at least 4 members (excludes halogenated alkanes) is 1. The predicted molar refractivity (Wildman–Crippen MR) is 129 cm³/mol. The number of rotatable bonds is 11. The molecule has 34 heavy (non-hydrogen) atoms. The molecule has 1 atom stereocenters. The Balaban J connectivity index is 1.71. The van der Waals surface area contributed by atoms with Crippen LogP contribution >= 0.6 is 0 Å². The van der Waals surface area contributed by atoms with Crippen LogP contribution in [-0.2, 0) is 22.6 Å². The molecule has 0 spiro atoms. The Morgan fingerprint density at radius 3 is 2.62 bits per heavy atom. The molecule has 0 bridgehead atoms. The van der Waals surface area contributed by atoms with Crippen LogP contribution in [0.1, 0.15) is 40.7 Å². The van der Waals surface area contributed by atoms with Crippen LogP contribution < -0.4 is 15.7 Å². The third-order valence-corrected chi connectivity index (χ3v) is 5.87. The van der Waals surface area contributed by atoms with Gasteiger partial charge in [-0.1, -0.05) is 36.4 Å². The van der Waals surface area contributed by atoms with Crippen LogP contribution in [-0.4, -0.2) is 67.4 Å². The summed E-state index contributed by atoms with van der Waals surface area (Å²) in [7, 11) is 4.03. The van der Waals surface area contributed by atoms with Crippen LogP contribution in [0.25, 0.3) is 0 Å². The standard InChI is InChI=1S/C26H34N4O4/c1-29(2)14-7-6-13-27-25(33)20-10-11-21-18-30(15-12-19-8-4-3-5-9-19)26(34)23(17-24(31)32)28-22(21)16-20/h3-5,8-11,16,23,28H,6-7,12-15,17-18H2,1-2H3,(H,27,33)(H,31,32)/p-1. The fraction of sp³-hybridized carbons (Fsp3) is 0.423. The van der Waals surface area contributed by atoms with E-state index in [9.17, 15) is 19.5 Å². The lowest BCUT2D eigenvalue weighted by atomic mass is 10.1. The number of carbonyl (C=O) groups is 3. The van der Waals surface area contributed by atoms with E-state index in [0.29, 0.717) is 37.3 Å². The number of nitrogens with one attached hydrogen (secondary N) is 2. The summed E-state index contributed by atoms with van der Waals surface area (Å²) in [6.45, 7) is 2.34. The molecule has 0 aliphatic carbocycles. The molecule has 2 aromatic carbocycles. The van der Waals surface area contributed by atoms with Crippen molar-refractivity contribution < 1.29 is 19.5 Å². The minimum Gasteiger partial charge on any atom is -0.550 e. The van der Waals surface area contributed by atoms with Gasteiger partial charge in [-0.2, -0.15) is 0 Å². The van der Waals surface area contributed by atoms with Crippen LogP contribution in [0.15, 0.2) is 48.5 Å². The van der Waals surface area contributed by atoms with Crippen LogP contribution in [0.2, 0.25) is 0 Å². The number of carboxylic acid groups (broad SMARTS) is 1. The number of anilines is 1. The molecule has 3 rings (SSSR count). The Labute approximate surface area is 200 Å². The molecule has 2 aromatic rings. The maximum atomic E-state index is 13.1. The summed E-state index contributed by atoms with van der Waals surface area (Å²) in [5.74, 6) is -1.78.